The Labute approximate surface area is 122 Å². The zero-order valence-corrected chi connectivity index (χ0v) is 11.8. The standard InChI is InChI=1S/C18H15N3/c1-2-12-8-9-16-17(11-12)21-18(20-16)14-5-3-7-15-13(14)6-4-10-19-15/h3-11H,2H2,1H3,(H,20,21). The summed E-state index contributed by atoms with van der Waals surface area (Å²) in [6, 6.07) is 16.6. The van der Waals surface area contributed by atoms with E-state index in [0.29, 0.717) is 0 Å². The van der Waals surface area contributed by atoms with Gasteiger partial charge in [0.05, 0.1) is 16.6 Å². The van der Waals surface area contributed by atoms with E-state index in [1.165, 1.54) is 5.56 Å². The fraction of sp³-hybridized carbons (Fsp3) is 0.111. The summed E-state index contributed by atoms with van der Waals surface area (Å²) >= 11 is 0. The van der Waals surface area contributed by atoms with Crippen molar-refractivity contribution in [1.82, 2.24) is 15.0 Å². The molecule has 0 saturated heterocycles. The Morgan fingerprint density at radius 2 is 1.95 bits per heavy atom. The van der Waals surface area contributed by atoms with E-state index in [4.69, 9.17) is 4.98 Å². The molecule has 0 saturated carbocycles. The molecule has 4 aromatic rings. The number of pyridine rings is 1. The number of hydrogen-bond acceptors (Lipinski definition) is 2. The first-order chi connectivity index (χ1) is 10.3. The Morgan fingerprint density at radius 1 is 1.00 bits per heavy atom. The van der Waals surface area contributed by atoms with E-state index in [1.54, 1.807) is 0 Å². The third-order valence-electron chi connectivity index (χ3n) is 3.86. The molecule has 0 unspecified atom stereocenters. The summed E-state index contributed by atoms with van der Waals surface area (Å²) in [5, 5.41) is 1.12. The molecular formula is C18H15N3. The summed E-state index contributed by atoms with van der Waals surface area (Å²) in [4.78, 5) is 12.6. The van der Waals surface area contributed by atoms with Crippen LogP contribution in [-0.4, -0.2) is 15.0 Å². The van der Waals surface area contributed by atoms with E-state index < -0.39 is 0 Å². The average Bonchev–Trinajstić information content (AvgIpc) is 2.97. The van der Waals surface area contributed by atoms with Crippen molar-refractivity contribution in [3.63, 3.8) is 0 Å². The molecule has 0 atom stereocenters. The lowest BCUT2D eigenvalue weighted by molar-refractivity contribution is 1.14. The van der Waals surface area contributed by atoms with Gasteiger partial charge in [0.2, 0.25) is 0 Å². The van der Waals surface area contributed by atoms with Crippen LogP contribution in [0.25, 0.3) is 33.3 Å². The van der Waals surface area contributed by atoms with Gasteiger partial charge in [0.25, 0.3) is 0 Å². The number of aryl methyl sites for hydroxylation is 1. The number of fused-ring (bicyclic) bond motifs is 2. The molecule has 4 rings (SSSR count). The molecule has 2 heterocycles. The molecule has 0 radical (unpaired) electrons. The fourth-order valence-corrected chi connectivity index (χ4v) is 2.71. The van der Waals surface area contributed by atoms with Crippen LogP contribution in [0.3, 0.4) is 0 Å². The molecule has 0 aliphatic carbocycles. The second-order valence-electron chi connectivity index (χ2n) is 5.17. The third kappa shape index (κ3) is 1.98. The van der Waals surface area contributed by atoms with Crippen molar-refractivity contribution < 1.29 is 0 Å². The van der Waals surface area contributed by atoms with Gasteiger partial charge in [-0.3, -0.25) is 4.98 Å². The highest BCUT2D eigenvalue weighted by Gasteiger charge is 2.09. The molecule has 0 amide bonds. The molecule has 102 valence electrons. The van der Waals surface area contributed by atoms with Gasteiger partial charge in [0.1, 0.15) is 5.82 Å². The average molecular weight is 273 g/mol. The third-order valence-corrected chi connectivity index (χ3v) is 3.86. The lowest BCUT2D eigenvalue weighted by Crippen LogP contribution is -1.84. The van der Waals surface area contributed by atoms with Gasteiger partial charge in [-0.1, -0.05) is 31.2 Å². The van der Waals surface area contributed by atoms with Crippen molar-refractivity contribution in [3.8, 4) is 11.4 Å². The van der Waals surface area contributed by atoms with Crippen LogP contribution >= 0.6 is 0 Å². The fourth-order valence-electron chi connectivity index (χ4n) is 2.71. The number of hydrogen-bond donors (Lipinski definition) is 1. The van der Waals surface area contributed by atoms with Gasteiger partial charge >= 0.3 is 0 Å². The monoisotopic (exact) mass is 273 g/mol. The minimum atomic E-state index is 0.900. The maximum absolute atomic E-state index is 4.73. The molecule has 0 spiro atoms. The number of H-pyrrole nitrogens is 1. The highest BCUT2D eigenvalue weighted by molar-refractivity contribution is 5.94. The van der Waals surface area contributed by atoms with Crippen LogP contribution in [0, 0.1) is 0 Å². The van der Waals surface area contributed by atoms with Gasteiger partial charge < -0.3 is 4.98 Å². The first kappa shape index (κ1) is 12.1. The minimum Gasteiger partial charge on any atom is -0.338 e. The molecule has 3 heteroatoms. The van der Waals surface area contributed by atoms with Gasteiger partial charge in [-0.15, -0.1) is 0 Å². The molecular weight excluding hydrogens is 258 g/mol. The van der Waals surface area contributed by atoms with Crippen LogP contribution < -0.4 is 0 Å². The van der Waals surface area contributed by atoms with E-state index in [9.17, 15) is 0 Å². The first-order valence-corrected chi connectivity index (χ1v) is 7.18. The maximum Gasteiger partial charge on any atom is 0.139 e. The molecule has 0 fully saturated rings. The zero-order chi connectivity index (χ0) is 14.2. The van der Waals surface area contributed by atoms with Crippen molar-refractivity contribution in [3.05, 3.63) is 60.3 Å². The van der Waals surface area contributed by atoms with Gasteiger partial charge in [0, 0.05) is 17.1 Å². The van der Waals surface area contributed by atoms with E-state index in [2.05, 4.69) is 47.2 Å². The smallest absolute Gasteiger partial charge is 0.139 e. The zero-order valence-electron chi connectivity index (χ0n) is 11.8. The van der Waals surface area contributed by atoms with Crippen LogP contribution in [0.2, 0.25) is 0 Å². The van der Waals surface area contributed by atoms with Crippen molar-refractivity contribution in [2.24, 2.45) is 0 Å². The number of aromatic amines is 1. The summed E-state index contributed by atoms with van der Waals surface area (Å²) in [6.07, 6.45) is 2.85. The Hall–Kier alpha value is -2.68. The van der Waals surface area contributed by atoms with E-state index in [1.807, 2.05) is 24.4 Å². The Kier molecular flexibility index (Phi) is 2.71. The summed E-state index contributed by atoms with van der Waals surface area (Å²) in [5.41, 5.74) is 5.49. The summed E-state index contributed by atoms with van der Waals surface area (Å²) in [6.45, 7) is 2.16. The highest BCUT2D eigenvalue weighted by atomic mass is 14.9. The predicted molar refractivity (Wildman–Crippen MR) is 86.2 cm³/mol. The van der Waals surface area contributed by atoms with Crippen LogP contribution in [0.5, 0.6) is 0 Å². The predicted octanol–water partition coefficient (Wildman–Crippen LogP) is 4.34. The minimum absolute atomic E-state index is 0.900. The van der Waals surface area contributed by atoms with Crippen LogP contribution in [-0.2, 0) is 6.42 Å². The largest absolute Gasteiger partial charge is 0.338 e. The number of nitrogens with one attached hydrogen (secondary N) is 1. The molecule has 1 N–H and O–H groups in total. The van der Waals surface area contributed by atoms with Crippen molar-refractivity contribution in [2.75, 3.05) is 0 Å². The van der Waals surface area contributed by atoms with Crippen LogP contribution in [0.15, 0.2) is 54.7 Å². The number of rotatable bonds is 2. The summed E-state index contributed by atoms with van der Waals surface area (Å²) in [7, 11) is 0. The highest BCUT2D eigenvalue weighted by Crippen LogP contribution is 2.27. The Bertz CT molecular complexity index is 932. The molecule has 2 aromatic carbocycles. The van der Waals surface area contributed by atoms with Crippen molar-refractivity contribution in [2.45, 2.75) is 13.3 Å². The second kappa shape index (κ2) is 4.70. The van der Waals surface area contributed by atoms with Crippen molar-refractivity contribution >= 4 is 21.9 Å². The Balaban J connectivity index is 1.96. The quantitative estimate of drug-likeness (QED) is 0.590. The van der Waals surface area contributed by atoms with E-state index >= 15 is 0 Å². The molecule has 0 bridgehead atoms. The topological polar surface area (TPSA) is 41.6 Å². The van der Waals surface area contributed by atoms with Crippen LogP contribution in [0.4, 0.5) is 0 Å². The van der Waals surface area contributed by atoms with Crippen LogP contribution in [0.1, 0.15) is 12.5 Å². The normalized spacial score (nSPS) is 11.3. The maximum atomic E-state index is 4.73. The summed E-state index contributed by atoms with van der Waals surface area (Å²) < 4.78 is 0. The molecule has 0 aliphatic heterocycles. The van der Waals surface area contributed by atoms with Gasteiger partial charge in [-0.05, 0) is 36.2 Å². The number of benzene rings is 2. The lowest BCUT2D eigenvalue weighted by atomic mass is 10.1. The lowest BCUT2D eigenvalue weighted by Gasteiger charge is -2.02. The van der Waals surface area contributed by atoms with Gasteiger partial charge in [0.15, 0.2) is 0 Å². The Morgan fingerprint density at radius 3 is 2.86 bits per heavy atom. The number of nitrogens with zero attached hydrogens (tertiary/aromatic N) is 2. The first-order valence-electron chi connectivity index (χ1n) is 7.18. The van der Waals surface area contributed by atoms with Crippen molar-refractivity contribution in [1.29, 1.82) is 0 Å². The molecule has 0 aliphatic rings. The molecule has 2 aromatic heterocycles. The number of imidazole rings is 1. The van der Waals surface area contributed by atoms with E-state index in [-0.39, 0.29) is 0 Å². The second-order valence-corrected chi connectivity index (χ2v) is 5.17. The van der Waals surface area contributed by atoms with Gasteiger partial charge in [-0.2, -0.15) is 0 Å². The van der Waals surface area contributed by atoms with E-state index in [0.717, 1.165) is 39.7 Å². The van der Waals surface area contributed by atoms with Gasteiger partial charge in [-0.25, -0.2) is 4.98 Å². The number of aromatic nitrogens is 3. The molecule has 21 heavy (non-hydrogen) atoms. The summed E-state index contributed by atoms with van der Waals surface area (Å²) in [5.74, 6) is 0.900. The SMILES string of the molecule is CCc1ccc2nc(-c3cccc4ncccc34)[nH]c2c1. The molecule has 3 nitrogen and oxygen atoms in total.